The third-order valence-corrected chi connectivity index (χ3v) is 5.20. The highest BCUT2D eigenvalue weighted by Crippen LogP contribution is 2.24. The molecule has 8 nitrogen and oxygen atoms in total. The number of para-hydroxylation sites is 1. The van der Waals surface area contributed by atoms with E-state index >= 15 is 0 Å². The Hall–Kier alpha value is -2.39. The molecule has 2 N–H and O–H groups in total. The molecule has 0 radical (unpaired) electrons. The SMILES string of the molecule is CC(Sc1nc2ccccc2c(=O)n1CCCO)C(=O)N1CCNC1=O. The van der Waals surface area contributed by atoms with Crippen molar-refractivity contribution in [3.63, 3.8) is 0 Å². The van der Waals surface area contributed by atoms with Crippen molar-refractivity contribution in [2.24, 2.45) is 0 Å². The van der Waals surface area contributed by atoms with Crippen LogP contribution in [0.4, 0.5) is 4.79 Å². The molecule has 2 heterocycles. The van der Waals surface area contributed by atoms with E-state index < -0.39 is 11.3 Å². The van der Waals surface area contributed by atoms with Gasteiger partial charge < -0.3 is 10.4 Å². The lowest BCUT2D eigenvalue weighted by molar-refractivity contribution is -0.126. The predicted octanol–water partition coefficient (Wildman–Crippen LogP) is 0.811. The van der Waals surface area contributed by atoms with Crippen molar-refractivity contribution in [2.45, 2.75) is 30.3 Å². The number of fused-ring (bicyclic) bond motifs is 1. The van der Waals surface area contributed by atoms with Gasteiger partial charge >= 0.3 is 6.03 Å². The molecule has 1 aliphatic heterocycles. The van der Waals surface area contributed by atoms with Crippen molar-refractivity contribution in [3.8, 4) is 0 Å². The molecule has 0 bridgehead atoms. The zero-order valence-electron chi connectivity index (χ0n) is 14.3. The van der Waals surface area contributed by atoms with Gasteiger partial charge in [-0.25, -0.2) is 9.78 Å². The normalized spacial score (nSPS) is 15.3. The van der Waals surface area contributed by atoms with E-state index in [0.717, 1.165) is 11.8 Å². The van der Waals surface area contributed by atoms with Gasteiger partial charge in [-0.1, -0.05) is 23.9 Å². The van der Waals surface area contributed by atoms with Crippen LogP contribution in [-0.4, -0.2) is 56.4 Å². The van der Waals surface area contributed by atoms with Crippen molar-refractivity contribution in [1.29, 1.82) is 0 Å². The quantitative estimate of drug-likeness (QED) is 0.571. The van der Waals surface area contributed by atoms with Crippen LogP contribution in [0, 0.1) is 0 Å². The van der Waals surface area contributed by atoms with Crippen molar-refractivity contribution in [2.75, 3.05) is 19.7 Å². The molecule has 26 heavy (non-hydrogen) atoms. The summed E-state index contributed by atoms with van der Waals surface area (Å²) in [7, 11) is 0. The fourth-order valence-corrected chi connectivity index (χ4v) is 3.77. The molecule has 3 amide bonds. The summed E-state index contributed by atoms with van der Waals surface area (Å²) < 4.78 is 1.48. The average Bonchev–Trinajstić information content (AvgIpc) is 3.06. The van der Waals surface area contributed by atoms with Crippen LogP contribution in [0.2, 0.25) is 0 Å². The van der Waals surface area contributed by atoms with Gasteiger partial charge in [-0.15, -0.1) is 0 Å². The lowest BCUT2D eigenvalue weighted by atomic mass is 10.2. The van der Waals surface area contributed by atoms with Gasteiger partial charge in [-0.2, -0.15) is 0 Å². The second-order valence-corrected chi connectivity index (χ2v) is 7.24. The largest absolute Gasteiger partial charge is 0.396 e. The number of aromatic nitrogens is 2. The molecule has 1 aromatic heterocycles. The van der Waals surface area contributed by atoms with E-state index in [2.05, 4.69) is 10.3 Å². The molecule has 9 heteroatoms. The monoisotopic (exact) mass is 376 g/mol. The number of hydrogen-bond acceptors (Lipinski definition) is 6. The molecule has 0 spiro atoms. The minimum Gasteiger partial charge on any atom is -0.396 e. The Morgan fingerprint density at radius 3 is 2.85 bits per heavy atom. The molecule has 138 valence electrons. The van der Waals surface area contributed by atoms with Crippen LogP contribution in [0.1, 0.15) is 13.3 Å². The zero-order valence-corrected chi connectivity index (χ0v) is 15.2. The summed E-state index contributed by atoms with van der Waals surface area (Å²) in [6, 6.07) is 6.62. The number of thioether (sulfide) groups is 1. The van der Waals surface area contributed by atoms with Gasteiger partial charge in [0.2, 0.25) is 5.91 Å². The van der Waals surface area contributed by atoms with Crippen LogP contribution in [0.25, 0.3) is 10.9 Å². The van der Waals surface area contributed by atoms with Crippen LogP contribution in [-0.2, 0) is 11.3 Å². The number of carbonyl (C=O) groups is 2. The topological polar surface area (TPSA) is 105 Å². The van der Waals surface area contributed by atoms with Crippen LogP contribution < -0.4 is 10.9 Å². The fourth-order valence-electron chi connectivity index (χ4n) is 2.77. The number of urea groups is 1. The highest BCUT2D eigenvalue weighted by atomic mass is 32.2. The van der Waals surface area contributed by atoms with Gasteiger partial charge in [-0.3, -0.25) is 19.1 Å². The average molecular weight is 376 g/mol. The molecule has 0 aliphatic carbocycles. The summed E-state index contributed by atoms with van der Waals surface area (Å²) in [4.78, 5) is 42.7. The molecule has 1 aliphatic rings. The van der Waals surface area contributed by atoms with E-state index in [1.54, 1.807) is 31.2 Å². The van der Waals surface area contributed by atoms with E-state index in [9.17, 15) is 14.4 Å². The Morgan fingerprint density at radius 1 is 1.38 bits per heavy atom. The number of nitrogens with zero attached hydrogens (tertiary/aromatic N) is 3. The number of amides is 3. The van der Waals surface area contributed by atoms with Crippen LogP contribution in [0.3, 0.4) is 0 Å². The van der Waals surface area contributed by atoms with Gasteiger partial charge in [0.1, 0.15) is 0 Å². The number of rotatable bonds is 6. The molecule has 0 saturated carbocycles. The van der Waals surface area contributed by atoms with E-state index in [1.165, 1.54) is 9.47 Å². The number of benzene rings is 1. The highest BCUT2D eigenvalue weighted by molar-refractivity contribution is 8.00. The minimum atomic E-state index is -0.577. The van der Waals surface area contributed by atoms with Gasteiger partial charge in [0.25, 0.3) is 5.56 Å². The van der Waals surface area contributed by atoms with E-state index in [4.69, 9.17) is 5.11 Å². The first-order valence-corrected chi connectivity index (χ1v) is 9.27. The Bertz CT molecular complexity index is 898. The number of hydrogen-bond donors (Lipinski definition) is 2. The fraction of sp³-hybridized carbons (Fsp3) is 0.412. The van der Waals surface area contributed by atoms with E-state index in [-0.39, 0.29) is 18.1 Å². The molecule has 1 unspecified atom stereocenters. The number of carbonyl (C=O) groups excluding carboxylic acids is 2. The molecular formula is C17H20N4O4S. The van der Waals surface area contributed by atoms with Crippen LogP contribution in [0.15, 0.2) is 34.2 Å². The Balaban J connectivity index is 1.93. The third-order valence-electron chi connectivity index (χ3n) is 4.12. The summed E-state index contributed by atoms with van der Waals surface area (Å²) in [6.07, 6.45) is 0.407. The smallest absolute Gasteiger partial charge is 0.324 e. The Morgan fingerprint density at radius 2 is 2.15 bits per heavy atom. The van der Waals surface area contributed by atoms with Crippen molar-refractivity contribution < 1.29 is 14.7 Å². The zero-order chi connectivity index (χ0) is 18.7. The number of aliphatic hydroxyl groups excluding tert-OH is 1. The third kappa shape index (κ3) is 3.58. The summed E-state index contributed by atoms with van der Waals surface area (Å²) in [5.74, 6) is -0.318. The maximum atomic E-state index is 12.8. The molecule has 3 rings (SSSR count). The second kappa shape index (κ2) is 7.88. The van der Waals surface area contributed by atoms with Gasteiger partial charge in [0, 0.05) is 26.2 Å². The number of nitrogens with one attached hydrogen (secondary N) is 1. The summed E-state index contributed by atoms with van der Waals surface area (Å²) >= 11 is 1.15. The Labute approximate surface area is 154 Å². The summed E-state index contributed by atoms with van der Waals surface area (Å²) in [5.41, 5.74) is 0.351. The molecule has 1 fully saturated rings. The second-order valence-electron chi connectivity index (χ2n) is 5.93. The number of aliphatic hydroxyl groups is 1. The van der Waals surface area contributed by atoms with E-state index in [0.29, 0.717) is 42.1 Å². The lowest BCUT2D eigenvalue weighted by Crippen LogP contribution is -2.39. The minimum absolute atomic E-state index is 0.0498. The molecule has 2 aromatic rings. The Kier molecular flexibility index (Phi) is 5.58. The standard InChI is InChI=1S/C17H20N4O4S/c1-11(14(23)20-9-7-18-16(20)25)26-17-19-13-6-3-2-5-12(13)15(24)21(17)8-4-10-22/h2-3,5-6,11,22H,4,7-10H2,1H3,(H,18,25). The van der Waals surface area contributed by atoms with E-state index in [1.807, 2.05) is 0 Å². The summed E-state index contributed by atoms with van der Waals surface area (Å²) in [6.45, 7) is 2.73. The summed E-state index contributed by atoms with van der Waals surface area (Å²) in [5, 5.41) is 12.0. The molecule has 1 atom stereocenters. The van der Waals surface area contributed by atoms with Gasteiger partial charge in [0.15, 0.2) is 5.16 Å². The first kappa shape index (κ1) is 18.4. The first-order valence-electron chi connectivity index (χ1n) is 8.39. The molecule has 1 saturated heterocycles. The maximum Gasteiger partial charge on any atom is 0.324 e. The lowest BCUT2D eigenvalue weighted by Gasteiger charge is -2.19. The van der Waals surface area contributed by atoms with Crippen molar-refractivity contribution in [3.05, 3.63) is 34.6 Å². The van der Waals surface area contributed by atoms with Gasteiger partial charge in [0.05, 0.1) is 16.2 Å². The van der Waals surface area contributed by atoms with Crippen LogP contribution >= 0.6 is 11.8 Å². The van der Waals surface area contributed by atoms with Crippen LogP contribution in [0.5, 0.6) is 0 Å². The molecule has 1 aromatic carbocycles. The first-order chi connectivity index (χ1) is 12.5. The van der Waals surface area contributed by atoms with Crippen molar-refractivity contribution in [1.82, 2.24) is 19.8 Å². The predicted molar refractivity (Wildman–Crippen MR) is 98.1 cm³/mol. The van der Waals surface area contributed by atoms with Crippen molar-refractivity contribution >= 4 is 34.6 Å². The molecular weight excluding hydrogens is 356 g/mol. The highest BCUT2D eigenvalue weighted by Gasteiger charge is 2.31. The van der Waals surface area contributed by atoms with Gasteiger partial charge in [-0.05, 0) is 25.5 Å². The maximum absolute atomic E-state index is 12.8. The number of imide groups is 1.